The second kappa shape index (κ2) is 8.68. The van der Waals surface area contributed by atoms with E-state index in [1.165, 1.54) is 16.4 Å². The molecule has 4 rings (SSSR count). The standard InChI is InChI=1S/C22H22FN3O4S/c1-15-21(25-20-7-3-2-6-19(20)24-15)14-30-22(27)16-5-4-12-26(13-16)31(28,29)18-10-8-17(23)9-11-18/h2-3,6-11,16H,4-5,12-14H2,1H3/t16-/m0/s1. The van der Waals surface area contributed by atoms with Gasteiger partial charge < -0.3 is 4.74 Å². The van der Waals surface area contributed by atoms with Gasteiger partial charge in [-0.05, 0) is 56.2 Å². The summed E-state index contributed by atoms with van der Waals surface area (Å²) < 4.78 is 45.6. The van der Waals surface area contributed by atoms with Gasteiger partial charge in [-0.25, -0.2) is 22.8 Å². The van der Waals surface area contributed by atoms with Crippen LogP contribution in [0, 0.1) is 18.7 Å². The molecule has 162 valence electrons. The lowest BCUT2D eigenvalue weighted by atomic mass is 10.00. The smallest absolute Gasteiger partial charge is 0.310 e. The molecule has 1 saturated heterocycles. The first kappa shape index (κ1) is 21.3. The molecule has 9 heteroatoms. The van der Waals surface area contributed by atoms with Gasteiger partial charge in [-0.3, -0.25) is 4.79 Å². The number of halogens is 1. The SMILES string of the molecule is Cc1nc2ccccc2nc1COC(=O)[C@H]1CCCN(S(=O)(=O)c2ccc(F)cc2)C1. The predicted molar refractivity (Wildman–Crippen MR) is 112 cm³/mol. The molecule has 31 heavy (non-hydrogen) atoms. The monoisotopic (exact) mass is 443 g/mol. The third kappa shape index (κ3) is 4.57. The lowest BCUT2D eigenvalue weighted by Crippen LogP contribution is -2.42. The van der Waals surface area contributed by atoms with Crippen LogP contribution >= 0.6 is 0 Å². The maximum atomic E-state index is 13.1. The molecule has 3 aromatic rings. The Labute approximate surface area is 179 Å². The second-order valence-corrected chi connectivity index (χ2v) is 9.45. The molecule has 2 heterocycles. The van der Waals surface area contributed by atoms with Gasteiger partial charge in [-0.1, -0.05) is 12.1 Å². The summed E-state index contributed by atoms with van der Waals surface area (Å²) in [5.41, 5.74) is 2.73. The average Bonchev–Trinajstić information content (AvgIpc) is 2.78. The van der Waals surface area contributed by atoms with Crippen molar-refractivity contribution in [3.8, 4) is 0 Å². The number of sulfonamides is 1. The van der Waals surface area contributed by atoms with Crippen molar-refractivity contribution in [2.24, 2.45) is 5.92 Å². The molecule has 0 saturated carbocycles. The van der Waals surface area contributed by atoms with E-state index in [0.29, 0.717) is 36.3 Å². The van der Waals surface area contributed by atoms with Gasteiger partial charge in [-0.2, -0.15) is 4.31 Å². The summed E-state index contributed by atoms with van der Waals surface area (Å²) >= 11 is 0. The first-order valence-electron chi connectivity index (χ1n) is 9.99. The van der Waals surface area contributed by atoms with Crippen LogP contribution in [0.1, 0.15) is 24.2 Å². The van der Waals surface area contributed by atoms with Crippen molar-refractivity contribution in [1.82, 2.24) is 14.3 Å². The minimum Gasteiger partial charge on any atom is -0.459 e. The fraction of sp³-hybridized carbons (Fsp3) is 0.318. The Morgan fingerprint density at radius 2 is 1.81 bits per heavy atom. The summed E-state index contributed by atoms with van der Waals surface area (Å²) in [6, 6.07) is 12.1. The number of fused-ring (bicyclic) bond motifs is 1. The molecule has 1 fully saturated rings. The fourth-order valence-corrected chi connectivity index (χ4v) is 5.15. The highest BCUT2D eigenvalue weighted by atomic mass is 32.2. The second-order valence-electron chi connectivity index (χ2n) is 7.51. The van der Waals surface area contributed by atoms with Gasteiger partial charge in [0.25, 0.3) is 0 Å². The van der Waals surface area contributed by atoms with Crippen molar-refractivity contribution in [3.63, 3.8) is 0 Å². The van der Waals surface area contributed by atoms with E-state index in [0.717, 1.165) is 17.6 Å². The molecule has 0 radical (unpaired) electrons. The number of hydrogen-bond acceptors (Lipinski definition) is 6. The van der Waals surface area contributed by atoms with Gasteiger partial charge in [0.15, 0.2) is 0 Å². The quantitative estimate of drug-likeness (QED) is 0.563. The summed E-state index contributed by atoms with van der Waals surface area (Å²) in [5, 5.41) is 0. The minimum absolute atomic E-state index is 0.00461. The highest BCUT2D eigenvalue weighted by molar-refractivity contribution is 7.89. The molecule has 0 aliphatic carbocycles. The molecule has 2 aromatic carbocycles. The molecule has 1 aliphatic rings. The molecule has 1 aromatic heterocycles. The molecular weight excluding hydrogens is 421 g/mol. The molecule has 1 aliphatic heterocycles. The Morgan fingerprint density at radius 3 is 2.52 bits per heavy atom. The Balaban J connectivity index is 1.43. The van der Waals surface area contributed by atoms with Crippen molar-refractivity contribution in [3.05, 3.63) is 65.7 Å². The minimum atomic E-state index is -3.81. The van der Waals surface area contributed by atoms with Crippen molar-refractivity contribution in [1.29, 1.82) is 0 Å². The number of piperidine rings is 1. The van der Waals surface area contributed by atoms with E-state index in [2.05, 4.69) is 9.97 Å². The molecule has 0 amide bonds. The number of ether oxygens (including phenoxy) is 1. The van der Waals surface area contributed by atoms with Crippen molar-refractivity contribution in [2.45, 2.75) is 31.3 Å². The topological polar surface area (TPSA) is 89.5 Å². The maximum Gasteiger partial charge on any atom is 0.310 e. The van der Waals surface area contributed by atoms with E-state index in [9.17, 15) is 17.6 Å². The van der Waals surface area contributed by atoms with Gasteiger partial charge in [0, 0.05) is 13.1 Å². The third-order valence-corrected chi connectivity index (χ3v) is 7.24. The largest absolute Gasteiger partial charge is 0.459 e. The van der Waals surface area contributed by atoms with Crippen molar-refractivity contribution < 1.29 is 22.3 Å². The number of para-hydroxylation sites is 2. The van der Waals surface area contributed by atoms with Crippen molar-refractivity contribution >= 4 is 27.0 Å². The highest BCUT2D eigenvalue weighted by Gasteiger charge is 2.34. The summed E-state index contributed by atoms with van der Waals surface area (Å²) in [6.07, 6.45) is 1.08. The molecular formula is C22H22FN3O4S. The summed E-state index contributed by atoms with van der Waals surface area (Å²) in [4.78, 5) is 21.7. The maximum absolute atomic E-state index is 13.1. The summed E-state index contributed by atoms with van der Waals surface area (Å²) in [7, 11) is -3.81. The summed E-state index contributed by atoms with van der Waals surface area (Å²) in [6.45, 7) is 2.11. The van der Waals surface area contributed by atoms with Crippen LogP contribution in [-0.2, 0) is 26.2 Å². The Bertz CT molecular complexity index is 1220. The van der Waals surface area contributed by atoms with Crippen molar-refractivity contribution in [2.75, 3.05) is 13.1 Å². The van der Waals surface area contributed by atoms with Crippen LogP contribution in [-0.4, -0.2) is 41.7 Å². The predicted octanol–water partition coefficient (Wildman–Crippen LogP) is 3.22. The Hall–Kier alpha value is -2.91. The van der Waals surface area contributed by atoms with E-state index >= 15 is 0 Å². The first-order chi connectivity index (χ1) is 14.8. The average molecular weight is 444 g/mol. The van der Waals surface area contributed by atoms with E-state index in [4.69, 9.17) is 4.74 Å². The van der Waals surface area contributed by atoms with Crippen LogP contribution in [0.5, 0.6) is 0 Å². The number of aryl methyl sites for hydroxylation is 1. The zero-order valence-electron chi connectivity index (χ0n) is 17.0. The van der Waals surface area contributed by atoms with E-state index in [1.807, 2.05) is 24.3 Å². The van der Waals surface area contributed by atoms with E-state index in [-0.39, 0.29) is 18.0 Å². The number of nitrogens with zero attached hydrogens (tertiary/aromatic N) is 3. The normalized spacial score (nSPS) is 17.5. The van der Waals surface area contributed by atoms with Gasteiger partial charge >= 0.3 is 5.97 Å². The van der Waals surface area contributed by atoms with Crippen LogP contribution in [0.3, 0.4) is 0 Å². The van der Waals surface area contributed by atoms with Gasteiger partial charge in [-0.15, -0.1) is 0 Å². The van der Waals surface area contributed by atoms with Gasteiger partial charge in [0.1, 0.15) is 12.4 Å². The molecule has 0 spiro atoms. The Morgan fingerprint density at radius 1 is 1.13 bits per heavy atom. The van der Waals surface area contributed by atoms with Crippen LogP contribution in [0.2, 0.25) is 0 Å². The van der Waals surface area contributed by atoms with Crippen LogP contribution < -0.4 is 0 Å². The number of carbonyl (C=O) groups excluding carboxylic acids is 1. The van der Waals surface area contributed by atoms with Gasteiger partial charge in [0.05, 0.1) is 33.2 Å². The zero-order chi connectivity index (χ0) is 22.0. The van der Waals surface area contributed by atoms with E-state index in [1.54, 1.807) is 6.92 Å². The number of benzene rings is 2. The van der Waals surface area contributed by atoms with E-state index < -0.39 is 27.7 Å². The van der Waals surface area contributed by atoms with Crippen LogP contribution in [0.25, 0.3) is 11.0 Å². The number of esters is 1. The lowest BCUT2D eigenvalue weighted by molar-refractivity contribution is -0.151. The number of carbonyl (C=O) groups is 1. The molecule has 0 N–H and O–H groups in total. The first-order valence-corrected chi connectivity index (χ1v) is 11.4. The highest BCUT2D eigenvalue weighted by Crippen LogP contribution is 2.25. The molecule has 1 atom stereocenters. The van der Waals surface area contributed by atoms with Gasteiger partial charge in [0.2, 0.25) is 10.0 Å². The summed E-state index contributed by atoms with van der Waals surface area (Å²) in [5.74, 6) is -1.54. The lowest BCUT2D eigenvalue weighted by Gasteiger charge is -2.30. The number of rotatable bonds is 5. The third-order valence-electron chi connectivity index (χ3n) is 5.36. The Kier molecular flexibility index (Phi) is 5.97. The van der Waals surface area contributed by atoms with Crippen LogP contribution in [0.4, 0.5) is 4.39 Å². The van der Waals surface area contributed by atoms with Crippen LogP contribution in [0.15, 0.2) is 53.4 Å². The molecule has 7 nitrogen and oxygen atoms in total. The molecule has 0 unspecified atom stereocenters. The zero-order valence-corrected chi connectivity index (χ0v) is 17.8. The number of hydrogen-bond donors (Lipinski definition) is 0. The molecule has 0 bridgehead atoms. The number of aromatic nitrogens is 2. The fourth-order valence-electron chi connectivity index (χ4n) is 3.63.